The first kappa shape index (κ1) is 11.6. The van der Waals surface area contributed by atoms with Gasteiger partial charge in [-0.25, -0.2) is 4.98 Å². The van der Waals surface area contributed by atoms with Crippen LogP contribution < -0.4 is 5.73 Å². The fourth-order valence-corrected chi connectivity index (χ4v) is 3.66. The van der Waals surface area contributed by atoms with Crippen molar-refractivity contribution in [2.24, 2.45) is 0 Å². The van der Waals surface area contributed by atoms with E-state index in [4.69, 9.17) is 5.73 Å². The number of hydrogen-bond donors (Lipinski definition) is 1. The molecule has 0 atom stereocenters. The van der Waals surface area contributed by atoms with E-state index >= 15 is 0 Å². The van der Waals surface area contributed by atoms with Gasteiger partial charge in [0, 0.05) is 10.6 Å². The molecule has 0 radical (unpaired) electrons. The minimum absolute atomic E-state index is 0.837. The second-order valence-corrected chi connectivity index (χ2v) is 6.03. The Labute approximate surface area is 114 Å². The lowest BCUT2D eigenvalue weighted by Crippen LogP contribution is -1.87. The molecule has 0 unspecified atom stereocenters. The SMILES string of the molecule is Nc1ccccc1SCc1nc2ccccc2s1. The van der Waals surface area contributed by atoms with Gasteiger partial charge in [-0.2, -0.15) is 0 Å². The third-order valence-electron chi connectivity index (χ3n) is 2.61. The standard InChI is InChI=1S/C14H12N2S2/c15-10-5-1-3-7-12(10)17-9-14-16-11-6-2-4-8-13(11)18-14/h1-8H,9,15H2. The molecule has 1 heterocycles. The van der Waals surface area contributed by atoms with Crippen molar-refractivity contribution in [1.29, 1.82) is 0 Å². The molecular formula is C14H12N2S2. The quantitative estimate of drug-likeness (QED) is 0.574. The third kappa shape index (κ3) is 2.35. The summed E-state index contributed by atoms with van der Waals surface area (Å²) in [5.74, 6) is 0.869. The minimum Gasteiger partial charge on any atom is -0.398 e. The van der Waals surface area contributed by atoms with Crippen LogP contribution in [0, 0.1) is 0 Å². The number of fused-ring (bicyclic) bond motifs is 1. The average molecular weight is 272 g/mol. The first-order chi connectivity index (χ1) is 8.83. The Morgan fingerprint density at radius 1 is 1.06 bits per heavy atom. The molecule has 0 bridgehead atoms. The maximum Gasteiger partial charge on any atom is 0.104 e. The van der Waals surface area contributed by atoms with Crippen LogP contribution in [-0.4, -0.2) is 4.98 Å². The molecule has 18 heavy (non-hydrogen) atoms. The van der Waals surface area contributed by atoms with Crippen molar-refractivity contribution in [3.8, 4) is 0 Å². The first-order valence-corrected chi connectivity index (χ1v) is 7.45. The summed E-state index contributed by atoms with van der Waals surface area (Å²) in [5.41, 5.74) is 7.84. The summed E-state index contributed by atoms with van der Waals surface area (Å²) in [6.07, 6.45) is 0. The molecule has 3 aromatic rings. The number of thioether (sulfide) groups is 1. The van der Waals surface area contributed by atoms with Gasteiger partial charge >= 0.3 is 0 Å². The smallest absolute Gasteiger partial charge is 0.104 e. The molecule has 0 saturated carbocycles. The van der Waals surface area contributed by atoms with Gasteiger partial charge in [0.15, 0.2) is 0 Å². The second-order valence-electron chi connectivity index (χ2n) is 3.90. The number of nitrogen functional groups attached to an aromatic ring is 1. The van der Waals surface area contributed by atoms with Gasteiger partial charge in [0.05, 0.1) is 16.0 Å². The molecule has 0 aliphatic heterocycles. The highest BCUT2D eigenvalue weighted by Gasteiger charge is 2.05. The van der Waals surface area contributed by atoms with E-state index in [1.54, 1.807) is 23.1 Å². The van der Waals surface area contributed by atoms with Crippen molar-refractivity contribution in [2.75, 3.05) is 5.73 Å². The Morgan fingerprint density at radius 3 is 2.67 bits per heavy atom. The maximum absolute atomic E-state index is 5.92. The summed E-state index contributed by atoms with van der Waals surface area (Å²) in [7, 11) is 0. The highest BCUT2D eigenvalue weighted by molar-refractivity contribution is 7.98. The zero-order valence-electron chi connectivity index (χ0n) is 9.67. The number of benzene rings is 2. The Hall–Kier alpha value is -1.52. The molecule has 1 aromatic heterocycles. The largest absolute Gasteiger partial charge is 0.398 e. The van der Waals surface area contributed by atoms with E-state index < -0.39 is 0 Å². The summed E-state index contributed by atoms with van der Waals surface area (Å²) in [5, 5.41) is 1.14. The molecule has 2 N–H and O–H groups in total. The average Bonchev–Trinajstić information content (AvgIpc) is 2.80. The molecule has 0 aliphatic rings. The van der Waals surface area contributed by atoms with Crippen LogP contribution >= 0.6 is 23.1 Å². The van der Waals surface area contributed by atoms with Gasteiger partial charge in [0.1, 0.15) is 5.01 Å². The van der Waals surface area contributed by atoms with Crippen molar-refractivity contribution in [1.82, 2.24) is 4.98 Å². The Kier molecular flexibility index (Phi) is 3.21. The van der Waals surface area contributed by atoms with Crippen LogP contribution in [0.3, 0.4) is 0 Å². The van der Waals surface area contributed by atoms with Crippen LogP contribution in [0.15, 0.2) is 53.4 Å². The van der Waals surface area contributed by atoms with Crippen molar-refractivity contribution in [2.45, 2.75) is 10.6 Å². The lowest BCUT2D eigenvalue weighted by Gasteiger charge is -2.02. The van der Waals surface area contributed by atoms with Crippen LogP contribution in [0.5, 0.6) is 0 Å². The van der Waals surface area contributed by atoms with E-state index in [0.717, 1.165) is 26.9 Å². The molecule has 90 valence electrons. The lowest BCUT2D eigenvalue weighted by atomic mass is 10.3. The normalized spacial score (nSPS) is 10.9. The van der Waals surface area contributed by atoms with Crippen LogP contribution in [0.2, 0.25) is 0 Å². The van der Waals surface area contributed by atoms with Crippen molar-refractivity contribution in [3.05, 3.63) is 53.5 Å². The van der Waals surface area contributed by atoms with E-state index in [2.05, 4.69) is 17.1 Å². The summed E-state index contributed by atoms with van der Waals surface area (Å²) < 4.78 is 1.24. The summed E-state index contributed by atoms with van der Waals surface area (Å²) in [4.78, 5) is 5.74. The number of anilines is 1. The number of rotatable bonds is 3. The number of nitrogens with zero attached hydrogens (tertiary/aromatic N) is 1. The predicted octanol–water partition coefficient (Wildman–Crippen LogP) is 4.17. The van der Waals surface area contributed by atoms with Gasteiger partial charge in [-0.1, -0.05) is 24.3 Å². The van der Waals surface area contributed by atoms with Gasteiger partial charge in [-0.3, -0.25) is 0 Å². The van der Waals surface area contributed by atoms with Gasteiger partial charge in [-0.05, 0) is 24.3 Å². The molecule has 2 aromatic carbocycles. The van der Waals surface area contributed by atoms with Gasteiger partial charge < -0.3 is 5.73 Å². The van der Waals surface area contributed by atoms with Gasteiger partial charge in [-0.15, -0.1) is 23.1 Å². The van der Waals surface area contributed by atoms with E-state index in [9.17, 15) is 0 Å². The van der Waals surface area contributed by atoms with E-state index in [0.29, 0.717) is 0 Å². The predicted molar refractivity (Wildman–Crippen MR) is 80.0 cm³/mol. The van der Waals surface area contributed by atoms with Crippen LogP contribution in [0.25, 0.3) is 10.2 Å². The number of aromatic nitrogens is 1. The maximum atomic E-state index is 5.92. The first-order valence-electron chi connectivity index (χ1n) is 5.65. The molecule has 0 aliphatic carbocycles. The summed E-state index contributed by atoms with van der Waals surface area (Å²) in [6.45, 7) is 0. The number of thiazole rings is 1. The van der Waals surface area contributed by atoms with Crippen molar-refractivity contribution >= 4 is 39.0 Å². The van der Waals surface area contributed by atoms with Gasteiger partial charge in [0.25, 0.3) is 0 Å². The molecule has 2 nitrogen and oxygen atoms in total. The molecule has 0 fully saturated rings. The minimum atomic E-state index is 0.837. The van der Waals surface area contributed by atoms with Crippen molar-refractivity contribution < 1.29 is 0 Å². The molecule has 3 rings (SSSR count). The molecular weight excluding hydrogens is 260 g/mol. The summed E-state index contributed by atoms with van der Waals surface area (Å²) >= 11 is 3.49. The summed E-state index contributed by atoms with van der Waals surface area (Å²) in [6, 6.07) is 16.2. The second kappa shape index (κ2) is 5.00. The molecule has 4 heteroatoms. The van der Waals surface area contributed by atoms with Crippen molar-refractivity contribution in [3.63, 3.8) is 0 Å². The number of hydrogen-bond acceptors (Lipinski definition) is 4. The highest BCUT2D eigenvalue weighted by atomic mass is 32.2. The Balaban J connectivity index is 1.79. The topological polar surface area (TPSA) is 38.9 Å². The third-order valence-corrected chi connectivity index (χ3v) is 4.93. The Morgan fingerprint density at radius 2 is 1.83 bits per heavy atom. The fourth-order valence-electron chi connectivity index (χ4n) is 1.73. The highest BCUT2D eigenvalue weighted by Crippen LogP contribution is 2.30. The van der Waals surface area contributed by atoms with Crippen LogP contribution in [0.1, 0.15) is 5.01 Å². The monoisotopic (exact) mass is 272 g/mol. The molecule has 0 spiro atoms. The lowest BCUT2D eigenvalue weighted by molar-refractivity contribution is 1.30. The fraction of sp³-hybridized carbons (Fsp3) is 0.0714. The van der Waals surface area contributed by atoms with E-state index in [1.165, 1.54) is 4.70 Å². The molecule has 0 saturated heterocycles. The van der Waals surface area contributed by atoms with Gasteiger partial charge in [0.2, 0.25) is 0 Å². The zero-order valence-corrected chi connectivity index (χ0v) is 11.3. The van der Waals surface area contributed by atoms with Crippen LogP contribution in [-0.2, 0) is 5.75 Å². The number of para-hydroxylation sites is 2. The van der Waals surface area contributed by atoms with E-state index in [-0.39, 0.29) is 0 Å². The number of nitrogens with two attached hydrogens (primary N) is 1. The zero-order chi connectivity index (χ0) is 12.4. The molecule has 0 amide bonds. The van der Waals surface area contributed by atoms with E-state index in [1.807, 2.05) is 36.4 Å². The Bertz CT molecular complexity index is 643. The van der Waals surface area contributed by atoms with Crippen LogP contribution in [0.4, 0.5) is 5.69 Å².